The van der Waals surface area contributed by atoms with Crippen LogP contribution in [0.15, 0.2) is 77.7 Å². The lowest BCUT2D eigenvalue weighted by Gasteiger charge is -2.12. The summed E-state index contributed by atoms with van der Waals surface area (Å²) < 4.78 is 33.2. The monoisotopic (exact) mass is 465 g/mol. The van der Waals surface area contributed by atoms with E-state index in [4.69, 9.17) is 4.74 Å². The highest BCUT2D eigenvalue weighted by molar-refractivity contribution is 7.92. The maximum absolute atomic E-state index is 12.8. The van der Waals surface area contributed by atoms with Crippen LogP contribution in [0.4, 0.5) is 5.69 Å². The lowest BCUT2D eigenvalue weighted by Crippen LogP contribution is -2.41. The van der Waals surface area contributed by atoms with E-state index in [1.165, 1.54) is 31.4 Å². The molecule has 0 bridgehead atoms. The minimum atomic E-state index is -4.00. The van der Waals surface area contributed by atoms with Gasteiger partial charge in [-0.15, -0.1) is 0 Å². The zero-order chi connectivity index (χ0) is 23.4. The second kappa shape index (κ2) is 9.01. The summed E-state index contributed by atoms with van der Waals surface area (Å²) in [5.41, 5.74) is 5.64. The largest absolute Gasteiger partial charge is 0.495 e. The van der Waals surface area contributed by atoms with Crippen molar-refractivity contribution in [3.05, 3.63) is 84.1 Å². The van der Waals surface area contributed by atoms with E-state index in [0.717, 1.165) is 0 Å². The molecule has 0 aliphatic rings. The Balaban J connectivity index is 1.47. The number of H-pyrrole nitrogens is 1. The van der Waals surface area contributed by atoms with Gasteiger partial charge >= 0.3 is 0 Å². The number of hydrogen-bond donors (Lipinski definition) is 4. The number of carbonyl (C=O) groups excluding carboxylic acids is 2. The lowest BCUT2D eigenvalue weighted by atomic mass is 10.2. The molecule has 168 valence electrons. The van der Waals surface area contributed by atoms with Gasteiger partial charge in [-0.05, 0) is 36.4 Å². The second-order valence-electron chi connectivity index (χ2n) is 6.86. The Kier molecular flexibility index (Phi) is 5.96. The fourth-order valence-corrected chi connectivity index (χ4v) is 4.23. The highest BCUT2D eigenvalue weighted by Gasteiger charge is 2.19. The summed E-state index contributed by atoms with van der Waals surface area (Å²) >= 11 is 0. The molecular formula is C22H19N5O5S. The number of amides is 2. The summed E-state index contributed by atoms with van der Waals surface area (Å²) in [6, 6.07) is 19.0. The van der Waals surface area contributed by atoms with E-state index in [0.29, 0.717) is 16.7 Å². The number of para-hydroxylation sites is 3. The maximum Gasteiger partial charge on any atom is 0.290 e. The van der Waals surface area contributed by atoms with Crippen LogP contribution in [-0.2, 0) is 10.0 Å². The molecule has 1 aromatic heterocycles. The molecule has 2 amide bonds. The third kappa shape index (κ3) is 4.62. The smallest absolute Gasteiger partial charge is 0.290 e. The minimum absolute atomic E-state index is 0.0325. The first-order valence-electron chi connectivity index (χ1n) is 9.69. The van der Waals surface area contributed by atoms with Gasteiger partial charge in [-0.1, -0.05) is 36.4 Å². The van der Waals surface area contributed by atoms with E-state index in [-0.39, 0.29) is 21.8 Å². The Labute approximate surface area is 189 Å². The minimum Gasteiger partial charge on any atom is -0.495 e. The molecule has 11 heteroatoms. The van der Waals surface area contributed by atoms with E-state index >= 15 is 0 Å². The molecule has 0 fully saturated rings. The number of hydrogen-bond acceptors (Lipinski definition) is 6. The van der Waals surface area contributed by atoms with Gasteiger partial charge < -0.3 is 4.74 Å². The van der Waals surface area contributed by atoms with Crippen LogP contribution in [0.25, 0.3) is 10.9 Å². The molecule has 0 unspecified atom stereocenters. The summed E-state index contributed by atoms with van der Waals surface area (Å²) in [7, 11) is -2.58. The zero-order valence-electron chi connectivity index (χ0n) is 17.3. The molecule has 0 saturated carbocycles. The van der Waals surface area contributed by atoms with Crippen molar-refractivity contribution in [2.45, 2.75) is 4.90 Å². The highest BCUT2D eigenvalue weighted by atomic mass is 32.2. The van der Waals surface area contributed by atoms with Crippen molar-refractivity contribution in [1.82, 2.24) is 21.0 Å². The van der Waals surface area contributed by atoms with Gasteiger partial charge in [0.25, 0.3) is 21.8 Å². The van der Waals surface area contributed by atoms with Gasteiger partial charge in [0.2, 0.25) is 0 Å². The summed E-state index contributed by atoms with van der Waals surface area (Å²) in [6.07, 6.45) is 0. The Morgan fingerprint density at radius 1 is 0.909 bits per heavy atom. The SMILES string of the molecule is COc1ccccc1NS(=O)(=O)c1cccc(C(=O)NNC(=O)c2n[nH]c3ccccc23)c1. The van der Waals surface area contributed by atoms with Crippen LogP contribution in [0.2, 0.25) is 0 Å². The van der Waals surface area contributed by atoms with E-state index in [9.17, 15) is 18.0 Å². The summed E-state index contributed by atoms with van der Waals surface area (Å²) in [4.78, 5) is 24.8. The molecule has 0 atom stereocenters. The van der Waals surface area contributed by atoms with Gasteiger partial charge in [0.1, 0.15) is 5.75 Å². The lowest BCUT2D eigenvalue weighted by molar-refractivity contribution is 0.0844. The number of nitrogens with one attached hydrogen (secondary N) is 4. The quantitative estimate of drug-likeness (QED) is 0.322. The summed E-state index contributed by atoms with van der Waals surface area (Å²) in [5.74, 6) is -0.969. The van der Waals surface area contributed by atoms with Crippen molar-refractivity contribution in [1.29, 1.82) is 0 Å². The molecule has 4 rings (SSSR count). The molecule has 1 heterocycles. The summed E-state index contributed by atoms with van der Waals surface area (Å²) in [5, 5.41) is 7.29. The third-order valence-electron chi connectivity index (χ3n) is 4.73. The third-order valence-corrected chi connectivity index (χ3v) is 6.10. The fraction of sp³-hybridized carbons (Fsp3) is 0.0455. The number of rotatable bonds is 6. The predicted molar refractivity (Wildman–Crippen MR) is 121 cm³/mol. The topological polar surface area (TPSA) is 142 Å². The molecule has 0 aliphatic heterocycles. The molecule has 4 aromatic rings. The van der Waals surface area contributed by atoms with Crippen molar-refractivity contribution < 1.29 is 22.7 Å². The van der Waals surface area contributed by atoms with E-state index < -0.39 is 21.8 Å². The number of methoxy groups -OCH3 is 1. The molecule has 10 nitrogen and oxygen atoms in total. The number of aromatic nitrogens is 2. The zero-order valence-corrected chi connectivity index (χ0v) is 18.1. The van der Waals surface area contributed by atoms with Gasteiger partial charge in [0, 0.05) is 10.9 Å². The number of nitrogens with zero attached hydrogens (tertiary/aromatic N) is 1. The molecule has 0 radical (unpaired) electrons. The highest BCUT2D eigenvalue weighted by Crippen LogP contribution is 2.26. The number of sulfonamides is 1. The number of benzene rings is 3. The van der Waals surface area contributed by atoms with Gasteiger partial charge in [0.05, 0.1) is 23.2 Å². The molecule has 33 heavy (non-hydrogen) atoms. The van der Waals surface area contributed by atoms with Crippen LogP contribution in [-0.4, -0.2) is 37.5 Å². The van der Waals surface area contributed by atoms with E-state index in [1.54, 1.807) is 48.5 Å². The Morgan fingerprint density at radius 2 is 1.64 bits per heavy atom. The maximum atomic E-state index is 12.8. The van der Waals surface area contributed by atoms with Crippen molar-refractivity contribution in [2.75, 3.05) is 11.8 Å². The van der Waals surface area contributed by atoms with E-state index in [2.05, 4.69) is 25.8 Å². The number of hydrazine groups is 1. The number of aromatic amines is 1. The van der Waals surface area contributed by atoms with Gasteiger partial charge in [-0.25, -0.2) is 8.42 Å². The second-order valence-corrected chi connectivity index (χ2v) is 8.54. The number of fused-ring (bicyclic) bond motifs is 1. The van der Waals surface area contributed by atoms with Crippen LogP contribution < -0.4 is 20.3 Å². The van der Waals surface area contributed by atoms with Crippen LogP contribution in [0, 0.1) is 0 Å². The Hall–Kier alpha value is -4.38. The van der Waals surface area contributed by atoms with Crippen LogP contribution >= 0.6 is 0 Å². The average molecular weight is 465 g/mol. The number of carbonyl (C=O) groups is 2. The first kappa shape index (κ1) is 21.8. The van der Waals surface area contributed by atoms with Crippen LogP contribution in [0.5, 0.6) is 5.75 Å². The van der Waals surface area contributed by atoms with Crippen molar-refractivity contribution >= 4 is 38.4 Å². The molecule has 3 aromatic carbocycles. The first-order chi connectivity index (χ1) is 15.9. The van der Waals surface area contributed by atoms with Crippen molar-refractivity contribution in [2.24, 2.45) is 0 Å². The first-order valence-corrected chi connectivity index (χ1v) is 11.2. The Morgan fingerprint density at radius 3 is 2.45 bits per heavy atom. The van der Waals surface area contributed by atoms with Gasteiger partial charge in [0.15, 0.2) is 5.69 Å². The Bertz CT molecular complexity index is 1450. The average Bonchev–Trinajstić information content (AvgIpc) is 3.27. The molecule has 0 saturated heterocycles. The van der Waals surface area contributed by atoms with Gasteiger partial charge in [-0.2, -0.15) is 5.10 Å². The summed E-state index contributed by atoms with van der Waals surface area (Å²) in [6.45, 7) is 0. The van der Waals surface area contributed by atoms with Crippen molar-refractivity contribution in [3.8, 4) is 5.75 Å². The standard InChI is InChI=1S/C22H19N5O5S/c1-32-19-12-5-4-11-18(19)27-33(30,31)15-8-6-7-14(13-15)21(28)25-26-22(29)20-16-9-2-3-10-17(16)23-24-20/h2-13,27H,1H3,(H,23,24)(H,25,28)(H,26,29). The predicted octanol–water partition coefficient (Wildman–Crippen LogP) is 2.45. The number of anilines is 1. The van der Waals surface area contributed by atoms with Crippen molar-refractivity contribution in [3.63, 3.8) is 0 Å². The molecule has 4 N–H and O–H groups in total. The molecule has 0 aliphatic carbocycles. The van der Waals surface area contributed by atoms with Gasteiger partial charge in [-0.3, -0.25) is 30.3 Å². The normalized spacial score (nSPS) is 11.1. The van der Waals surface area contributed by atoms with Crippen LogP contribution in [0.3, 0.4) is 0 Å². The molecular weight excluding hydrogens is 446 g/mol. The number of ether oxygens (including phenoxy) is 1. The van der Waals surface area contributed by atoms with E-state index in [1.807, 2.05) is 0 Å². The fourth-order valence-electron chi connectivity index (χ4n) is 3.12. The molecule has 0 spiro atoms. The van der Waals surface area contributed by atoms with Crippen LogP contribution in [0.1, 0.15) is 20.8 Å².